The Morgan fingerprint density at radius 1 is 1.50 bits per heavy atom. The zero-order valence-corrected chi connectivity index (χ0v) is 12.6. The smallest absolute Gasteiger partial charge is 0.246 e. The van der Waals surface area contributed by atoms with Gasteiger partial charge < -0.3 is 11.1 Å². The van der Waals surface area contributed by atoms with Gasteiger partial charge in [0.2, 0.25) is 5.91 Å². The molecule has 0 radical (unpaired) electrons. The van der Waals surface area contributed by atoms with Crippen LogP contribution in [0.15, 0.2) is 16.7 Å². The van der Waals surface area contributed by atoms with Gasteiger partial charge in [0.25, 0.3) is 0 Å². The molecule has 0 fully saturated rings. The second-order valence-electron chi connectivity index (χ2n) is 4.34. The van der Waals surface area contributed by atoms with Gasteiger partial charge in [-0.05, 0) is 35.8 Å². The van der Waals surface area contributed by atoms with E-state index in [9.17, 15) is 13.2 Å². The monoisotopic (exact) mass is 335 g/mol. The lowest BCUT2D eigenvalue weighted by Crippen LogP contribution is -2.44. The van der Waals surface area contributed by atoms with Crippen molar-refractivity contribution in [1.29, 1.82) is 0 Å². The van der Waals surface area contributed by atoms with E-state index in [-0.39, 0.29) is 5.82 Å². The van der Waals surface area contributed by atoms with Crippen molar-refractivity contribution >= 4 is 43.2 Å². The minimum Gasteiger partial charge on any atom is -0.397 e. The third kappa shape index (κ3) is 2.99. The lowest BCUT2D eigenvalue weighted by molar-refractivity contribution is -0.117. The number of nitrogens with zero attached hydrogens (tertiary/aromatic N) is 1. The molecule has 18 heavy (non-hydrogen) atoms. The maximum absolute atomic E-state index is 11.9. The van der Waals surface area contributed by atoms with Crippen molar-refractivity contribution in [3.8, 4) is 0 Å². The molecule has 0 aromatic carbocycles. The van der Waals surface area contributed by atoms with Gasteiger partial charge >= 0.3 is 0 Å². The first kappa shape index (κ1) is 14.9. The van der Waals surface area contributed by atoms with Crippen molar-refractivity contribution < 1.29 is 13.2 Å². The fourth-order valence-electron chi connectivity index (χ4n) is 0.971. The molecule has 100 valence electrons. The van der Waals surface area contributed by atoms with E-state index in [0.29, 0.717) is 10.2 Å². The van der Waals surface area contributed by atoms with Crippen molar-refractivity contribution in [3.63, 3.8) is 0 Å². The summed E-state index contributed by atoms with van der Waals surface area (Å²) >= 11 is 3.19. The van der Waals surface area contributed by atoms with E-state index in [1.165, 1.54) is 20.0 Å². The van der Waals surface area contributed by atoms with Gasteiger partial charge in [0.15, 0.2) is 9.84 Å². The first-order valence-corrected chi connectivity index (χ1v) is 7.66. The predicted molar refractivity (Wildman–Crippen MR) is 73.9 cm³/mol. The van der Waals surface area contributed by atoms with Crippen molar-refractivity contribution in [1.82, 2.24) is 4.98 Å². The number of carbonyl (C=O) groups excluding carboxylic acids is 1. The number of halogens is 1. The van der Waals surface area contributed by atoms with Crippen LogP contribution >= 0.6 is 15.9 Å². The van der Waals surface area contributed by atoms with Crippen LogP contribution in [0.4, 0.5) is 11.5 Å². The number of aromatic nitrogens is 1. The summed E-state index contributed by atoms with van der Waals surface area (Å²) in [4.78, 5) is 15.9. The highest BCUT2D eigenvalue weighted by molar-refractivity contribution is 9.10. The molecule has 6 nitrogen and oxygen atoms in total. The highest BCUT2D eigenvalue weighted by Gasteiger charge is 2.38. The van der Waals surface area contributed by atoms with E-state index in [4.69, 9.17) is 5.73 Å². The Balaban J connectivity index is 3.02. The zero-order valence-electron chi connectivity index (χ0n) is 10.2. The Morgan fingerprint density at radius 3 is 2.50 bits per heavy atom. The molecule has 0 saturated carbocycles. The number of hydrogen-bond donors (Lipinski definition) is 2. The van der Waals surface area contributed by atoms with E-state index in [0.717, 1.165) is 6.26 Å². The minimum atomic E-state index is -3.52. The number of sulfone groups is 1. The van der Waals surface area contributed by atoms with E-state index in [1.54, 1.807) is 6.07 Å². The van der Waals surface area contributed by atoms with Gasteiger partial charge in [-0.1, -0.05) is 0 Å². The topological polar surface area (TPSA) is 102 Å². The second-order valence-corrected chi connectivity index (χ2v) is 7.75. The maximum Gasteiger partial charge on any atom is 0.246 e. The first-order valence-electron chi connectivity index (χ1n) is 4.98. The van der Waals surface area contributed by atoms with Crippen LogP contribution in [0.5, 0.6) is 0 Å². The van der Waals surface area contributed by atoms with Crippen molar-refractivity contribution in [2.24, 2.45) is 0 Å². The minimum absolute atomic E-state index is 0.228. The van der Waals surface area contributed by atoms with Crippen LogP contribution in [0.25, 0.3) is 0 Å². The molecule has 0 unspecified atom stereocenters. The Labute approximate surface area is 114 Å². The molecule has 3 N–H and O–H groups in total. The molecule has 0 spiro atoms. The Bertz CT molecular complexity index is 584. The van der Waals surface area contributed by atoms with Crippen molar-refractivity contribution in [2.75, 3.05) is 17.3 Å². The summed E-state index contributed by atoms with van der Waals surface area (Å²) in [6.45, 7) is 2.67. The van der Waals surface area contributed by atoms with E-state index < -0.39 is 20.5 Å². The van der Waals surface area contributed by atoms with Crippen LogP contribution in [0.2, 0.25) is 0 Å². The number of nitrogens with one attached hydrogen (secondary N) is 1. The molecule has 0 aliphatic heterocycles. The SMILES string of the molecule is CC(C)(C(=O)Nc1ncc(N)cc1Br)S(C)(=O)=O. The fourth-order valence-corrected chi connectivity index (χ4v) is 1.82. The normalized spacial score (nSPS) is 12.2. The molecule has 1 aromatic heterocycles. The van der Waals surface area contributed by atoms with Crippen LogP contribution in [-0.4, -0.2) is 30.3 Å². The zero-order chi connectivity index (χ0) is 14.1. The molecule has 0 aliphatic carbocycles. The number of nitrogens with two attached hydrogens (primary N) is 1. The molecule has 0 aliphatic rings. The van der Waals surface area contributed by atoms with Gasteiger partial charge in [0.05, 0.1) is 16.4 Å². The summed E-state index contributed by atoms with van der Waals surface area (Å²) in [7, 11) is -3.52. The summed E-state index contributed by atoms with van der Waals surface area (Å²) in [6.07, 6.45) is 2.38. The summed E-state index contributed by atoms with van der Waals surface area (Å²) in [5.74, 6) is -0.422. The molecule has 1 heterocycles. The summed E-state index contributed by atoms with van der Waals surface area (Å²) in [5, 5.41) is 2.45. The Kier molecular flexibility index (Phi) is 4.02. The average molecular weight is 336 g/mol. The molecule has 0 saturated heterocycles. The Morgan fingerprint density at radius 2 is 2.06 bits per heavy atom. The molecule has 1 rings (SSSR count). The number of carbonyl (C=O) groups is 1. The molecular formula is C10H14BrN3O3S. The molecule has 0 bridgehead atoms. The van der Waals surface area contributed by atoms with Crippen LogP contribution in [0.1, 0.15) is 13.8 Å². The summed E-state index contributed by atoms with van der Waals surface area (Å²) < 4.78 is 22.0. The Hall–Kier alpha value is -1.15. The fraction of sp³-hybridized carbons (Fsp3) is 0.400. The van der Waals surface area contributed by atoms with Crippen LogP contribution in [-0.2, 0) is 14.6 Å². The van der Waals surface area contributed by atoms with Gasteiger partial charge in [-0.3, -0.25) is 4.79 Å². The molecule has 0 atom stereocenters. The molecule has 1 aromatic rings. The van der Waals surface area contributed by atoms with Gasteiger partial charge in [-0.15, -0.1) is 0 Å². The maximum atomic E-state index is 11.9. The molecule has 8 heteroatoms. The highest BCUT2D eigenvalue weighted by Crippen LogP contribution is 2.24. The van der Waals surface area contributed by atoms with Gasteiger partial charge in [0, 0.05) is 6.26 Å². The highest BCUT2D eigenvalue weighted by atomic mass is 79.9. The molecule has 1 amide bonds. The molecular weight excluding hydrogens is 322 g/mol. The largest absolute Gasteiger partial charge is 0.397 e. The van der Waals surface area contributed by atoms with Crippen LogP contribution in [0, 0.1) is 0 Å². The third-order valence-electron chi connectivity index (χ3n) is 2.57. The number of rotatable bonds is 3. The first-order chi connectivity index (χ1) is 8.05. The second kappa shape index (κ2) is 4.85. The standard InChI is InChI=1S/C10H14BrN3O3S/c1-10(2,18(3,16)17)9(15)14-8-7(11)4-6(12)5-13-8/h4-5H,12H2,1-3H3,(H,13,14,15). The number of nitrogen functional groups attached to an aromatic ring is 1. The lowest BCUT2D eigenvalue weighted by Gasteiger charge is -2.21. The number of anilines is 2. The summed E-state index contributed by atoms with van der Waals surface area (Å²) in [6, 6.07) is 1.57. The van der Waals surface area contributed by atoms with Crippen LogP contribution in [0.3, 0.4) is 0 Å². The lowest BCUT2D eigenvalue weighted by atomic mass is 10.2. The van der Waals surface area contributed by atoms with E-state index in [2.05, 4.69) is 26.2 Å². The average Bonchev–Trinajstić information content (AvgIpc) is 2.20. The van der Waals surface area contributed by atoms with Crippen molar-refractivity contribution in [3.05, 3.63) is 16.7 Å². The quantitative estimate of drug-likeness (QED) is 0.863. The van der Waals surface area contributed by atoms with Crippen molar-refractivity contribution in [2.45, 2.75) is 18.6 Å². The van der Waals surface area contributed by atoms with E-state index in [1.807, 2.05) is 0 Å². The number of pyridine rings is 1. The van der Waals surface area contributed by atoms with Crippen LogP contribution < -0.4 is 11.1 Å². The van der Waals surface area contributed by atoms with Gasteiger partial charge in [0.1, 0.15) is 10.6 Å². The number of amides is 1. The summed E-state index contributed by atoms with van der Waals surface area (Å²) in [5.41, 5.74) is 5.94. The number of hydrogen-bond acceptors (Lipinski definition) is 5. The van der Waals surface area contributed by atoms with E-state index >= 15 is 0 Å². The predicted octanol–water partition coefficient (Wildman–Crippen LogP) is 1.19. The van der Waals surface area contributed by atoms with Gasteiger partial charge in [-0.25, -0.2) is 13.4 Å². The third-order valence-corrected chi connectivity index (χ3v) is 5.21. The van der Waals surface area contributed by atoms with Gasteiger partial charge in [-0.2, -0.15) is 0 Å².